The third-order valence-corrected chi connectivity index (χ3v) is 4.21. The Morgan fingerprint density at radius 3 is 2.77 bits per heavy atom. The summed E-state index contributed by atoms with van der Waals surface area (Å²) in [6, 6.07) is 6.04. The number of nitrogens with zero attached hydrogens (tertiary/aromatic N) is 2. The lowest BCUT2D eigenvalue weighted by Crippen LogP contribution is -2.36. The van der Waals surface area contributed by atoms with Crippen molar-refractivity contribution in [2.24, 2.45) is 11.8 Å². The van der Waals surface area contributed by atoms with Crippen LogP contribution in [-0.2, 0) is 11.2 Å². The van der Waals surface area contributed by atoms with E-state index in [0.717, 1.165) is 42.2 Å². The van der Waals surface area contributed by atoms with Crippen LogP contribution in [-0.4, -0.2) is 29.1 Å². The van der Waals surface area contributed by atoms with E-state index in [0.29, 0.717) is 18.8 Å². The molecule has 1 saturated heterocycles. The van der Waals surface area contributed by atoms with Gasteiger partial charge in [0.05, 0.1) is 5.92 Å². The van der Waals surface area contributed by atoms with E-state index in [1.807, 2.05) is 18.2 Å². The van der Waals surface area contributed by atoms with Gasteiger partial charge in [0.25, 0.3) is 0 Å². The number of oxazole rings is 1. The van der Waals surface area contributed by atoms with Crippen LogP contribution in [0.25, 0.3) is 11.1 Å². The van der Waals surface area contributed by atoms with Gasteiger partial charge in [0.15, 0.2) is 11.5 Å². The Labute approximate surface area is 129 Å². The van der Waals surface area contributed by atoms with Crippen molar-refractivity contribution in [2.75, 3.05) is 18.0 Å². The molecule has 0 saturated carbocycles. The Morgan fingerprint density at radius 1 is 1.41 bits per heavy atom. The Kier molecular flexibility index (Phi) is 4.05. The Bertz CT molecular complexity index is 670. The highest BCUT2D eigenvalue weighted by atomic mass is 16.4. The van der Waals surface area contributed by atoms with Gasteiger partial charge in [0, 0.05) is 25.2 Å². The number of hydrogen-bond donors (Lipinski definition) is 1. The fourth-order valence-corrected chi connectivity index (χ4v) is 2.98. The molecule has 1 aliphatic rings. The zero-order valence-corrected chi connectivity index (χ0v) is 13.1. The Morgan fingerprint density at radius 2 is 2.14 bits per heavy atom. The van der Waals surface area contributed by atoms with Gasteiger partial charge in [-0.25, -0.2) is 4.98 Å². The molecule has 2 aromatic rings. The smallest absolute Gasteiger partial charge is 0.306 e. The number of carboxylic acids is 1. The van der Waals surface area contributed by atoms with Crippen LogP contribution in [0.3, 0.4) is 0 Å². The van der Waals surface area contributed by atoms with E-state index < -0.39 is 5.97 Å². The van der Waals surface area contributed by atoms with Crippen LogP contribution in [0, 0.1) is 11.8 Å². The molecule has 0 atom stereocenters. The quantitative estimate of drug-likeness (QED) is 0.938. The topological polar surface area (TPSA) is 66.6 Å². The van der Waals surface area contributed by atoms with Gasteiger partial charge in [-0.2, -0.15) is 0 Å². The number of hydrogen-bond acceptors (Lipinski definition) is 4. The van der Waals surface area contributed by atoms with Crippen LogP contribution in [0.5, 0.6) is 0 Å². The van der Waals surface area contributed by atoms with E-state index in [2.05, 4.69) is 23.7 Å². The zero-order valence-electron chi connectivity index (χ0n) is 13.1. The number of carboxylic acid groups (broad SMARTS) is 1. The molecule has 1 aromatic heterocycles. The maximum Gasteiger partial charge on any atom is 0.306 e. The van der Waals surface area contributed by atoms with Gasteiger partial charge >= 0.3 is 5.97 Å². The molecule has 5 heteroatoms. The Hall–Kier alpha value is -2.04. The predicted octanol–water partition coefficient (Wildman–Crippen LogP) is 3.33. The van der Waals surface area contributed by atoms with Crippen LogP contribution in [0.2, 0.25) is 0 Å². The second-order valence-corrected chi connectivity index (χ2v) is 6.46. The van der Waals surface area contributed by atoms with Crippen molar-refractivity contribution in [3.8, 4) is 0 Å². The third kappa shape index (κ3) is 3.08. The summed E-state index contributed by atoms with van der Waals surface area (Å²) in [7, 11) is 0. The summed E-state index contributed by atoms with van der Waals surface area (Å²) in [6.45, 7) is 5.85. The lowest BCUT2D eigenvalue weighted by molar-refractivity contribution is -0.142. The maximum atomic E-state index is 11.0. The van der Waals surface area contributed by atoms with E-state index in [1.165, 1.54) is 0 Å². The van der Waals surface area contributed by atoms with Crippen molar-refractivity contribution < 1.29 is 14.3 Å². The standard InChI is InChI=1S/C17H22N2O3/c1-11(2)9-16-18-14-10-13(3-4-15(14)22-16)19-7-5-12(6-8-19)17(20)21/h3-4,10-12H,5-9H2,1-2H3,(H,20,21). The number of aliphatic carboxylic acids is 1. The number of aromatic nitrogens is 1. The first-order valence-electron chi connectivity index (χ1n) is 7.90. The summed E-state index contributed by atoms with van der Waals surface area (Å²) in [4.78, 5) is 17.8. The van der Waals surface area contributed by atoms with Gasteiger partial charge < -0.3 is 14.4 Å². The van der Waals surface area contributed by atoms with Crippen molar-refractivity contribution in [1.29, 1.82) is 0 Å². The number of benzene rings is 1. The van der Waals surface area contributed by atoms with Gasteiger partial charge in [0.2, 0.25) is 0 Å². The zero-order chi connectivity index (χ0) is 15.7. The molecule has 3 rings (SSSR count). The molecule has 22 heavy (non-hydrogen) atoms. The SMILES string of the molecule is CC(C)Cc1nc2cc(N3CCC(C(=O)O)CC3)ccc2o1. The van der Waals surface area contributed by atoms with Crippen molar-refractivity contribution in [2.45, 2.75) is 33.1 Å². The Balaban J connectivity index is 1.76. The predicted molar refractivity (Wildman–Crippen MR) is 85.1 cm³/mol. The molecule has 0 radical (unpaired) electrons. The molecule has 2 heterocycles. The minimum absolute atomic E-state index is 0.204. The summed E-state index contributed by atoms with van der Waals surface area (Å²) < 4.78 is 5.76. The molecular formula is C17H22N2O3. The second-order valence-electron chi connectivity index (χ2n) is 6.46. The van der Waals surface area contributed by atoms with Crippen molar-refractivity contribution in [1.82, 2.24) is 4.98 Å². The highest BCUT2D eigenvalue weighted by Gasteiger charge is 2.24. The minimum Gasteiger partial charge on any atom is -0.481 e. The average Bonchev–Trinajstić information content (AvgIpc) is 2.87. The van der Waals surface area contributed by atoms with Crippen molar-refractivity contribution in [3.63, 3.8) is 0 Å². The summed E-state index contributed by atoms with van der Waals surface area (Å²) in [5.74, 6) is 0.420. The molecule has 118 valence electrons. The first-order valence-corrected chi connectivity index (χ1v) is 7.90. The van der Waals surface area contributed by atoms with Crippen LogP contribution in [0.1, 0.15) is 32.6 Å². The lowest BCUT2D eigenvalue weighted by atomic mass is 9.97. The fourth-order valence-electron chi connectivity index (χ4n) is 2.98. The number of rotatable bonds is 4. The number of carbonyl (C=O) groups is 1. The largest absolute Gasteiger partial charge is 0.481 e. The highest BCUT2D eigenvalue weighted by Crippen LogP contribution is 2.27. The van der Waals surface area contributed by atoms with Crippen LogP contribution in [0.15, 0.2) is 22.6 Å². The molecule has 0 amide bonds. The highest BCUT2D eigenvalue weighted by molar-refractivity contribution is 5.78. The summed E-state index contributed by atoms with van der Waals surface area (Å²) in [6.07, 6.45) is 2.24. The van der Waals surface area contributed by atoms with E-state index >= 15 is 0 Å². The molecule has 1 N–H and O–H groups in total. The lowest BCUT2D eigenvalue weighted by Gasteiger charge is -2.31. The number of piperidine rings is 1. The monoisotopic (exact) mass is 302 g/mol. The second kappa shape index (κ2) is 5.99. The summed E-state index contributed by atoms with van der Waals surface area (Å²) in [5, 5.41) is 9.07. The summed E-state index contributed by atoms with van der Waals surface area (Å²) >= 11 is 0. The summed E-state index contributed by atoms with van der Waals surface area (Å²) in [5.41, 5.74) is 2.80. The minimum atomic E-state index is -0.676. The van der Waals surface area contributed by atoms with Gasteiger partial charge in [0.1, 0.15) is 5.52 Å². The molecule has 0 bridgehead atoms. The van der Waals surface area contributed by atoms with E-state index in [-0.39, 0.29) is 5.92 Å². The van der Waals surface area contributed by atoms with E-state index in [4.69, 9.17) is 9.52 Å². The van der Waals surface area contributed by atoms with Gasteiger partial charge in [-0.05, 0) is 37.0 Å². The first-order chi connectivity index (χ1) is 10.5. The molecule has 1 aliphatic heterocycles. The molecule has 1 fully saturated rings. The third-order valence-electron chi connectivity index (χ3n) is 4.21. The molecule has 5 nitrogen and oxygen atoms in total. The van der Waals surface area contributed by atoms with Crippen molar-refractivity contribution in [3.05, 3.63) is 24.1 Å². The van der Waals surface area contributed by atoms with Gasteiger partial charge in [-0.1, -0.05) is 13.8 Å². The molecule has 0 aliphatic carbocycles. The van der Waals surface area contributed by atoms with E-state index in [1.54, 1.807) is 0 Å². The average molecular weight is 302 g/mol. The van der Waals surface area contributed by atoms with Crippen molar-refractivity contribution >= 4 is 22.8 Å². The molecule has 1 aromatic carbocycles. The number of fused-ring (bicyclic) bond motifs is 1. The van der Waals surface area contributed by atoms with Gasteiger partial charge in [-0.15, -0.1) is 0 Å². The fraction of sp³-hybridized carbons (Fsp3) is 0.529. The molecule has 0 spiro atoms. The van der Waals surface area contributed by atoms with E-state index in [9.17, 15) is 4.79 Å². The van der Waals surface area contributed by atoms with Gasteiger partial charge in [-0.3, -0.25) is 4.79 Å². The van der Waals surface area contributed by atoms with Crippen LogP contribution < -0.4 is 4.90 Å². The normalized spacial score (nSPS) is 16.6. The van der Waals surface area contributed by atoms with Crippen LogP contribution in [0.4, 0.5) is 5.69 Å². The van der Waals surface area contributed by atoms with Crippen LogP contribution >= 0.6 is 0 Å². The number of anilines is 1. The molecule has 0 unspecified atom stereocenters. The first kappa shape index (κ1) is 14.9. The molecular weight excluding hydrogens is 280 g/mol. The maximum absolute atomic E-state index is 11.0.